The smallest absolute Gasteiger partial charge is 0.196 e. The molecule has 0 atom stereocenters. The number of benzene rings is 1. The first-order valence-electron chi connectivity index (χ1n) is 7.26. The lowest BCUT2D eigenvalue weighted by Gasteiger charge is -2.25. The van der Waals surface area contributed by atoms with Crippen LogP contribution in [-0.2, 0) is 0 Å². The van der Waals surface area contributed by atoms with Gasteiger partial charge in [-0.05, 0) is 25.0 Å². The molecule has 0 amide bonds. The van der Waals surface area contributed by atoms with E-state index in [9.17, 15) is 5.11 Å². The van der Waals surface area contributed by atoms with Crippen molar-refractivity contribution in [2.24, 2.45) is 4.99 Å². The molecule has 1 fully saturated rings. The summed E-state index contributed by atoms with van der Waals surface area (Å²) in [6, 6.07) is 7.64. The third kappa shape index (κ3) is 4.30. The molecule has 108 valence electrons. The highest BCUT2D eigenvalue weighted by molar-refractivity contribution is 5.95. The SMILES string of the molecule is C=CCN=C(Nc1ccccc1O)NC1CCCCC1. The van der Waals surface area contributed by atoms with Crippen LogP contribution in [0.5, 0.6) is 5.75 Å². The molecule has 1 aromatic rings. The Morgan fingerprint density at radius 3 is 2.75 bits per heavy atom. The first kappa shape index (κ1) is 14.4. The van der Waals surface area contributed by atoms with Gasteiger partial charge in [0.05, 0.1) is 12.2 Å². The molecule has 1 aromatic carbocycles. The fraction of sp³-hybridized carbons (Fsp3) is 0.438. The summed E-state index contributed by atoms with van der Waals surface area (Å²) in [5, 5.41) is 16.4. The summed E-state index contributed by atoms with van der Waals surface area (Å²) >= 11 is 0. The normalized spacial score (nSPS) is 16.7. The number of para-hydroxylation sites is 2. The van der Waals surface area contributed by atoms with Gasteiger partial charge in [0.2, 0.25) is 0 Å². The largest absolute Gasteiger partial charge is 0.506 e. The summed E-state index contributed by atoms with van der Waals surface area (Å²) in [5.74, 6) is 0.933. The van der Waals surface area contributed by atoms with E-state index in [4.69, 9.17) is 0 Å². The molecule has 0 spiro atoms. The maximum Gasteiger partial charge on any atom is 0.196 e. The van der Waals surface area contributed by atoms with Gasteiger partial charge in [-0.2, -0.15) is 0 Å². The molecule has 0 unspecified atom stereocenters. The Kier molecular flexibility index (Phi) is 5.47. The minimum atomic E-state index is 0.226. The van der Waals surface area contributed by atoms with Gasteiger partial charge in [0.1, 0.15) is 5.75 Å². The summed E-state index contributed by atoms with van der Waals surface area (Å²) in [4.78, 5) is 4.44. The Hall–Kier alpha value is -1.97. The Balaban J connectivity index is 2.03. The van der Waals surface area contributed by atoms with Crippen LogP contribution >= 0.6 is 0 Å². The summed E-state index contributed by atoms with van der Waals surface area (Å²) in [5.41, 5.74) is 0.665. The standard InChI is InChI=1S/C16H23N3O/c1-2-12-17-16(18-13-8-4-3-5-9-13)19-14-10-6-7-11-15(14)20/h2,6-7,10-11,13,20H,1,3-5,8-9,12H2,(H2,17,18,19). The highest BCUT2D eigenvalue weighted by Gasteiger charge is 2.15. The van der Waals surface area contributed by atoms with Crippen LogP contribution in [0.4, 0.5) is 5.69 Å². The van der Waals surface area contributed by atoms with E-state index in [1.807, 2.05) is 12.1 Å². The van der Waals surface area contributed by atoms with Crippen LogP contribution in [0.25, 0.3) is 0 Å². The number of hydrogen-bond donors (Lipinski definition) is 3. The molecule has 1 aliphatic rings. The maximum absolute atomic E-state index is 9.83. The van der Waals surface area contributed by atoms with Crippen molar-refractivity contribution in [2.75, 3.05) is 11.9 Å². The molecule has 0 aliphatic heterocycles. The molecule has 0 saturated heterocycles. The second-order valence-corrected chi connectivity index (χ2v) is 5.10. The summed E-state index contributed by atoms with van der Waals surface area (Å²) in [6.07, 6.45) is 7.97. The van der Waals surface area contributed by atoms with Crippen LogP contribution in [0, 0.1) is 0 Å². The lowest BCUT2D eigenvalue weighted by Crippen LogP contribution is -2.40. The Bertz CT molecular complexity index is 465. The third-order valence-corrected chi connectivity index (χ3v) is 3.48. The van der Waals surface area contributed by atoms with Gasteiger partial charge in [-0.15, -0.1) is 6.58 Å². The average molecular weight is 273 g/mol. The average Bonchev–Trinajstić information content (AvgIpc) is 2.48. The van der Waals surface area contributed by atoms with Crippen molar-refractivity contribution in [2.45, 2.75) is 38.1 Å². The number of anilines is 1. The molecular weight excluding hydrogens is 250 g/mol. The van der Waals surface area contributed by atoms with E-state index in [-0.39, 0.29) is 5.75 Å². The second-order valence-electron chi connectivity index (χ2n) is 5.10. The Labute approximate surface area is 120 Å². The minimum absolute atomic E-state index is 0.226. The zero-order valence-electron chi connectivity index (χ0n) is 11.8. The Morgan fingerprint density at radius 1 is 1.30 bits per heavy atom. The van der Waals surface area contributed by atoms with Crippen LogP contribution < -0.4 is 10.6 Å². The summed E-state index contributed by atoms with van der Waals surface area (Å²) in [6.45, 7) is 4.24. The van der Waals surface area contributed by atoms with E-state index in [0.29, 0.717) is 24.2 Å². The van der Waals surface area contributed by atoms with E-state index in [1.54, 1.807) is 18.2 Å². The van der Waals surface area contributed by atoms with Crippen molar-refractivity contribution >= 4 is 11.6 Å². The van der Waals surface area contributed by atoms with E-state index < -0.39 is 0 Å². The van der Waals surface area contributed by atoms with Gasteiger partial charge in [-0.1, -0.05) is 37.5 Å². The van der Waals surface area contributed by atoms with E-state index in [1.165, 1.54) is 32.1 Å². The maximum atomic E-state index is 9.83. The highest BCUT2D eigenvalue weighted by atomic mass is 16.3. The van der Waals surface area contributed by atoms with E-state index >= 15 is 0 Å². The first-order valence-corrected chi connectivity index (χ1v) is 7.26. The molecule has 20 heavy (non-hydrogen) atoms. The molecule has 0 bridgehead atoms. The van der Waals surface area contributed by atoms with Crippen LogP contribution in [0.15, 0.2) is 41.9 Å². The van der Waals surface area contributed by atoms with Gasteiger partial charge in [0, 0.05) is 6.04 Å². The zero-order chi connectivity index (χ0) is 14.2. The van der Waals surface area contributed by atoms with Crippen molar-refractivity contribution < 1.29 is 5.11 Å². The first-order chi connectivity index (χ1) is 9.79. The number of aliphatic imine (C=N–C) groups is 1. The van der Waals surface area contributed by atoms with Crippen molar-refractivity contribution in [1.82, 2.24) is 5.32 Å². The molecule has 0 radical (unpaired) electrons. The monoisotopic (exact) mass is 273 g/mol. The number of phenols is 1. The number of aromatic hydroxyl groups is 1. The van der Waals surface area contributed by atoms with Crippen molar-refractivity contribution in [3.05, 3.63) is 36.9 Å². The molecular formula is C16H23N3O. The Morgan fingerprint density at radius 2 is 2.05 bits per heavy atom. The predicted molar refractivity (Wildman–Crippen MR) is 84.2 cm³/mol. The van der Waals surface area contributed by atoms with Crippen LogP contribution in [-0.4, -0.2) is 23.7 Å². The third-order valence-electron chi connectivity index (χ3n) is 3.48. The van der Waals surface area contributed by atoms with Gasteiger partial charge in [-0.3, -0.25) is 0 Å². The lowest BCUT2D eigenvalue weighted by molar-refractivity contribution is 0.413. The second kappa shape index (κ2) is 7.58. The molecule has 4 nitrogen and oxygen atoms in total. The molecule has 1 aliphatic carbocycles. The van der Waals surface area contributed by atoms with Gasteiger partial charge in [0.15, 0.2) is 5.96 Å². The van der Waals surface area contributed by atoms with Crippen LogP contribution in [0.1, 0.15) is 32.1 Å². The fourth-order valence-corrected chi connectivity index (χ4v) is 2.42. The number of hydrogen-bond acceptors (Lipinski definition) is 2. The number of guanidine groups is 1. The zero-order valence-corrected chi connectivity index (χ0v) is 11.8. The number of rotatable bonds is 4. The molecule has 2 rings (SSSR count). The van der Waals surface area contributed by atoms with Crippen LogP contribution in [0.3, 0.4) is 0 Å². The van der Waals surface area contributed by atoms with E-state index in [2.05, 4.69) is 22.2 Å². The quantitative estimate of drug-likeness (QED) is 0.341. The lowest BCUT2D eigenvalue weighted by atomic mass is 9.96. The topological polar surface area (TPSA) is 56.7 Å². The number of nitrogens with one attached hydrogen (secondary N) is 2. The van der Waals surface area contributed by atoms with Crippen molar-refractivity contribution in [3.63, 3.8) is 0 Å². The van der Waals surface area contributed by atoms with Gasteiger partial charge < -0.3 is 15.7 Å². The summed E-state index contributed by atoms with van der Waals surface area (Å²) < 4.78 is 0. The molecule has 4 heteroatoms. The number of nitrogens with zero attached hydrogens (tertiary/aromatic N) is 1. The molecule has 0 aromatic heterocycles. The van der Waals surface area contributed by atoms with Gasteiger partial charge in [-0.25, -0.2) is 4.99 Å². The van der Waals surface area contributed by atoms with E-state index in [0.717, 1.165) is 0 Å². The number of phenolic OH excluding ortho intramolecular Hbond substituents is 1. The molecule has 0 heterocycles. The molecule has 1 saturated carbocycles. The minimum Gasteiger partial charge on any atom is -0.506 e. The predicted octanol–water partition coefficient (Wildman–Crippen LogP) is 3.27. The van der Waals surface area contributed by atoms with Crippen molar-refractivity contribution in [3.8, 4) is 5.75 Å². The van der Waals surface area contributed by atoms with Gasteiger partial charge in [0.25, 0.3) is 0 Å². The van der Waals surface area contributed by atoms with Gasteiger partial charge >= 0.3 is 0 Å². The summed E-state index contributed by atoms with van der Waals surface area (Å²) in [7, 11) is 0. The molecule has 3 N–H and O–H groups in total. The fourth-order valence-electron chi connectivity index (χ4n) is 2.42. The highest BCUT2D eigenvalue weighted by Crippen LogP contribution is 2.22. The van der Waals surface area contributed by atoms with Crippen LogP contribution in [0.2, 0.25) is 0 Å². The van der Waals surface area contributed by atoms with Crippen molar-refractivity contribution in [1.29, 1.82) is 0 Å².